The van der Waals surface area contributed by atoms with Crippen LogP contribution in [0.5, 0.6) is 0 Å². The molecule has 0 radical (unpaired) electrons. The minimum atomic E-state index is -0.186. The summed E-state index contributed by atoms with van der Waals surface area (Å²) >= 11 is 1.41. The number of amides is 2. The molecule has 1 aliphatic heterocycles. The van der Waals surface area contributed by atoms with E-state index in [4.69, 9.17) is 4.42 Å². The van der Waals surface area contributed by atoms with Crippen molar-refractivity contribution in [3.05, 3.63) is 34.7 Å². The number of furan rings is 1. The Bertz CT molecular complexity index is 722. The van der Waals surface area contributed by atoms with Gasteiger partial charge < -0.3 is 9.73 Å². The summed E-state index contributed by atoms with van der Waals surface area (Å²) in [5.41, 5.74) is 0.685. The first kappa shape index (κ1) is 15.7. The van der Waals surface area contributed by atoms with E-state index in [2.05, 4.69) is 10.3 Å². The third kappa shape index (κ3) is 3.61. The summed E-state index contributed by atoms with van der Waals surface area (Å²) < 4.78 is 5.51. The lowest BCUT2D eigenvalue weighted by Gasteiger charge is -2.11. The molecule has 0 bridgehead atoms. The van der Waals surface area contributed by atoms with E-state index in [-0.39, 0.29) is 24.3 Å². The van der Waals surface area contributed by atoms with Crippen molar-refractivity contribution in [2.24, 2.45) is 0 Å². The van der Waals surface area contributed by atoms with Crippen LogP contribution in [-0.4, -0.2) is 23.3 Å². The standard InChI is InChI=1S/C16H19N3O3S/c1-10-5-6-13(22-10)11(2)17-14(20)8-12-9-23-16(18-12)19-7-3-4-15(19)21/h5-6,9,11H,3-4,7-8H2,1-2H3,(H,17,20)/t11-/m0/s1. The van der Waals surface area contributed by atoms with Gasteiger partial charge in [0.1, 0.15) is 11.5 Å². The average molecular weight is 333 g/mol. The number of thiazole rings is 1. The Balaban J connectivity index is 1.58. The molecule has 3 heterocycles. The summed E-state index contributed by atoms with van der Waals surface area (Å²) in [4.78, 5) is 29.9. The van der Waals surface area contributed by atoms with Crippen LogP contribution in [0.15, 0.2) is 21.9 Å². The molecule has 23 heavy (non-hydrogen) atoms. The number of carbonyl (C=O) groups is 2. The van der Waals surface area contributed by atoms with Gasteiger partial charge in [-0.15, -0.1) is 11.3 Å². The number of aromatic nitrogens is 1. The fourth-order valence-electron chi connectivity index (χ4n) is 2.57. The summed E-state index contributed by atoms with van der Waals surface area (Å²) in [5.74, 6) is 1.55. The molecule has 1 atom stereocenters. The van der Waals surface area contributed by atoms with E-state index >= 15 is 0 Å². The van der Waals surface area contributed by atoms with Crippen LogP contribution >= 0.6 is 11.3 Å². The monoisotopic (exact) mass is 333 g/mol. The van der Waals surface area contributed by atoms with E-state index in [1.807, 2.05) is 31.4 Å². The van der Waals surface area contributed by atoms with Gasteiger partial charge in [-0.25, -0.2) is 4.98 Å². The van der Waals surface area contributed by atoms with Crippen LogP contribution in [-0.2, 0) is 16.0 Å². The highest BCUT2D eigenvalue weighted by Crippen LogP contribution is 2.25. The molecule has 3 rings (SSSR count). The van der Waals surface area contributed by atoms with Crippen molar-refractivity contribution in [3.63, 3.8) is 0 Å². The van der Waals surface area contributed by atoms with Crippen LogP contribution in [0.4, 0.5) is 5.13 Å². The zero-order valence-electron chi connectivity index (χ0n) is 13.2. The number of nitrogens with zero attached hydrogens (tertiary/aromatic N) is 2. The van der Waals surface area contributed by atoms with Gasteiger partial charge in [-0.05, 0) is 32.4 Å². The molecule has 0 spiro atoms. The Labute approximate surface area is 138 Å². The van der Waals surface area contributed by atoms with E-state index in [1.54, 1.807) is 4.90 Å². The minimum Gasteiger partial charge on any atom is -0.464 e. The molecule has 2 amide bonds. The summed E-state index contributed by atoms with van der Waals surface area (Å²) in [6.45, 7) is 4.47. The van der Waals surface area contributed by atoms with E-state index < -0.39 is 0 Å². The predicted octanol–water partition coefficient (Wildman–Crippen LogP) is 2.59. The number of anilines is 1. The lowest BCUT2D eigenvalue weighted by Crippen LogP contribution is -2.28. The van der Waals surface area contributed by atoms with Crippen LogP contribution in [0.3, 0.4) is 0 Å². The molecule has 122 valence electrons. The van der Waals surface area contributed by atoms with Crippen LogP contribution in [0.2, 0.25) is 0 Å². The first-order valence-electron chi connectivity index (χ1n) is 7.63. The zero-order valence-corrected chi connectivity index (χ0v) is 14.0. The van der Waals surface area contributed by atoms with Crippen molar-refractivity contribution >= 4 is 28.3 Å². The largest absolute Gasteiger partial charge is 0.464 e. The van der Waals surface area contributed by atoms with Crippen LogP contribution in [0, 0.1) is 6.92 Å². The molecule has 2 aromatic heterocycles. The summed E-state index contributed by atoms with van der Waals surface area (Å²) in [6, 6.07) is 3.55. The number of carbonyl (C=O) groups excluding carboxylic acids is 2. The topological polar surface area (TPSA) is 75.4 Å². The third-order valence-corrected chi connectivity index (χ3v) is 4.66. The normalized spacial score (nSPS) is 15.9. The molecule has 0 aromatic carbocycles. The van der Waals surface area contributed by atoms with Crippen molar-refractivity contribution < 1.29 is 14.0 Å². The highest BCUT2D eigenvalue weighted by Gasteiger charge is 2.24. The Morgan fingerprint density at radius 2 is 2.35 bits per heavy atom. The number of hydrogen-bond donors (Lipinski definition) is 1. The fraction of sp³-hybridized carbons (Fsp3) is 0.438. The van der Waals surface area contributed by atoms with Crippen molar-refractivity contribution in [1.82, 2.24) is 10.3 Å². The Morgan fingerprint density at radius 1 is 1.52 bits per heavy atom. The maximum Gasteiger partial charge on any atom is 0.228 e. The number of aryl methyl sites for hydroxylation is 1. The second-order valence-electron chi connectivity index (χ2n) is 5.68. The molecule has 7 heteroatoms. The number of rotatable bonds is 5. The van der Waals surface area contributed by atoms with E-state index in [9.17, 15) is 9.59 Å². The molecule has 1 fully saturated rings. The van der Waals surface area contributed by atoms with Crippen molar-refractivity contribution in [3.8, 4) is 0 Å². The first-order chi connectivity index (χ1) is 11.0. The third-order valence-electron chi connectivity index (χ3n) is 3.75. The number of hydrogen-bond acceptors (Lipinski definition) is 5. The van der Waals surface area contributed by atoms with Gasteiger partial charge in [-0.3, -0.25) is 14.5 Å². The molecule has 1 aliphatic rings. The quantitative estimate of drug-likeness (QED) is 0.912. The van der Waals surface area contributed by atoms with Crippen LogP contribution < -0.4 is 10.2 Å². The van der Waals surface area contributed by atoms with Crippen molar-refractivity contribution in [2.75, 3.05) is 11.4 Å². The summed E-state index contributed by atoms with van der Waals surface area (Å²) in [7, 11) is 0. The summed E-state index contributed by atoms with van der Waals surface area (Å²) in [6.07, 6.45) is 1.65. The summed E-state index contributed by atoms with van der Waals surface area (Å²) in [5, 5.41) is 5.42. The second-order valence-corrected chi connectivity index (χ2v) is 6.52. The Morgan fingerprint density at radius 3 is 3.00 bits per heavy atom. The maximum absolute atomic E-state index is 12.1. The maximum atomic E-state index is 12.1. The molecule has 0 saturated carbocycles. The highest BCUT2D eigenvalue weighted by molar-refractivity contribution is 7.14. The lowest BCUT2D eigenvalue weighted by molar-refractivity contribution is -0.121. The van der Waals surface area contributed by atoms with Gasteiger partial charge >= 0.3 is 0 Å². The number of nitrogens with one attached hydrogen (secondary N) is 1. The molecule has 1 N–H and O–H groups in total. The van der Waals surface area contributed by atoms with Crippen LogP contribution in [0.1, 0.15) is 43.0 Å². The van der Waals surface area contributed by atoms with Gasteiger partial charge in [0.05, 0.1) is 18.2 Å². The smallest absolute Gasteiger partial charge is 0.228 e. The van der Waals surface area contributed by atoms with Crippen molar-refractivity contribution in [1.29, 1.82) is 0 Å². The SMILES string of the molecule is Cc1ccc([C@H](C)NC(=O)Cc2csc(N3CCCC3=O)n2)o1. The van der Waals surface area contributed by atoms with Gasteiger partial charge in [0.25, 0.3) is 0 Å². The molecule has 1 saturated heterocycles. The predicted molar refractivity (Wildman–Crippen MR) is 87.4 cm³/mol. The minimum absolute atomic E-state index is 0.108. The molecule has 2 aromatic rings. The van der Waals surface area contributed by atoms with Crippen LogP contribution in [0.25, 0.3) is 0 Å². The van der Waals surface area contributed by atoms with E-state index in [0.29, 0.717) is 23.8 Å². The van der Waals surface area contributed by atoms with Gasteiger partial charge in [-0.1, -0.05) is 0 Å². The van der Waals surface area contributed by atoms with Gasteiger partial charge in [0.15, 0.2) is 5.13 Å². The first-order valence-corrected chi connectivity index (χ1v) is 8.51. The van der Waals surface area contributed by atoms with Gasteiger partial charge in [-0.2, -0.15) is 0 Å². The lowest BCUT2D eigenvalue weighted by atomic mass is 10.2. The average Bonchev–Trinajstić information content (AvgIpc) is 3.20. The second kappa shape index (κ2) is 6.54. The Kier molecular flexibility index (Phi) is 4.47. The van der Waals surface area contributed by atoms with Crippen molar-refractivity contribution in [2.45, 2.75) is 39.2 Å². The molecular formula is C16H19N3O3S. The molecule has 6 nitrogen and oxygen atoms in total. The Hall–Kier alpha value is -2.15. The highest BCUT2D eigenvalue weighted by atomic mass is 32.1. The van der Waals surface area contributed by atoms with Gasteiger partial charge in [0.2, 0.25) is 11.8 Å². The molecule has 0 aliphatic carbocycles. The van der Waals surface area contributed by atoms with Gasteiger partial charge in [0, 0.05) is 18.3 Å². The molecular weight excluding hydrogens is 314 g/mol. The molecule has 0 unspecified atom stereocenters. The van der Waals surface area contributed by atoms with E-state index in [1.165, 1.54) is 11.3 Å². The fourth-order valence-corrected chi connectivity index (χ4v) is 3.43. The van der Waals surface area contributed by atoms with E-state index in [0.717, 1.165) is 17.9 Å². The zero-order chi connectivity index (χ0) is 16.4.